The van der Waals surface area contributed by atoms with Gasteiger partial charge in [0.25, 0.3) is 0 Å². The molecule has 3 aromatic carbocycles. The van der Waals surface area contributed by atoms with E-state index in [0.717, 1.165) is 12.2 Å². The summed E-state index contributed by atoms with van der Waals surface area (Å²) in [5.74, 6) is 0.608. The molecule has 0 spiro atoms. The zero-order valence-corrected chi connectivity index (χ0v) is 16.8. The van der Waals surface area contributed by atoms with E-state index in [9.17, 15) is 0 Å². The Bertz CT molecular complexity index is 1240. The Hall–Kier alpha value is -4.26. The van der Waals surface area contributed by atoms with Gasteiger partial charge in [-0.25, -0.2) is 4.98 Å². The van der Waals surface area contributed by atoms with Crippen molar-refractivity contribution in [1.29, 1.82) is 0 Å². The molecule has 0 fully saturated rings. The minimum absolute atomic E-state index is 0.608. The van der Waals surface area contributed by atoms with Gasteiger partial charge in [-0.3, -0.25) is 0 Å². The summed E-state index contributed by atoms with van der Waals surface area (Å²) in [5.41, 5.74) is 5.68. The second-order valence-corrected chi connectivity index (χ2v) is 7.19. The van der Waals surface area contributed by atoms with Gasteiger partial charge >= 0.3 is 0 Å². The van der Waals surface area contributed by atoms with E-state index in [1.54, 1.807) is 10.9 Å². The van der Waals surface area contributed by atoms with Crippen LogP contribution in [0.25, 0.3) is 16.8 Å². The molecule has 7 nitrogen and oxygen atoms in total. The maximum Gasteiger partial charge on any atom is 0.248 e. The number of rotatable bonds is 7. The number of nitrogens with one attached hydrogen (secondary N) is 1. The molecule has 7 heteroatoms. The van der Waals surface area contributed by atoms with Crippen molar-refractivity contribution in [2.45, 2.75) is 13.1 Å². The van der Waals surface area contributed by atoms with Crippen LogP contribution in [0.4, 0.5) is 5.95 Å². The largest absolute Gasteiger partial charge is 0.349 e. The first-order valence-corrected chi connectivity index (χ1v) is 10.1. The molecule has 0 radical (unpaired) electrons. The Labute approximate surface area is 180 Å². The van der Waals surface area contributed by atoms with Gasteiger partial charge in [0.1, 0.15) is 0 Å². The van der Waals surface area contributed by atoms with Crippen LogP contribution < -0.4 is 5.32 Å². The van der Waals surface area contributed by atoms with Gasteiger partial charge in [-0.2, -0.15) is 4.68 Å². The van der Waals surface area contributed by atoms with Crippen molar-refractivity contribution in [2.24, 2.45) is 0 Å². The molecular formula is C24H21N7. The first-order valence-electron chi connectivity index (χ1n) is 10.1. The van der Waals surface area contributed by atoms with Crippen LogP contribution in [0.3, 0.4) is 0 Å². The molecule has 0 unspecified atom stereocenters. The highest BCUT2D eigenvalue weighted by Crippen LogP contribution is 2.25. The predicted octanol–water partition coefficient (Wildman–Crippen LogP) is 4.19. The third-order valence-electron chi connectivity index (χ3n) is 5.11. The molecule has 1 N–H and O–H groups in total. The van der Waals surface area contributed by atoms with E-state index < -0.39 is 0 Å². The van der Waals surface area contributed by atoms with Crippen molar-refractivity contribution in [3.8, 4) is 16.8 Å². The van der Waals surface area contributed by atoms with E-state index in [2.05, 4.69) is 72.9 Å². The summed E-state index contributed by atoms with van der Waals surface area (Å²) in [6, 6.07) is 26.9. The quantitative estimate of drug-likeness (QED) is 0.438. The molecule has 31 heavy (non-hydrogen) atoms. The summed E-state index contributed by atoms with van der Waals surface area (Å²) < 4.78 is 3.76. The number of nitrogens with zero attached hydrogens (tertiary/aromatic N) is 6. The highest BCUT2D eigenvalue weighted by Gasteiger charge is 2.10. The molecule has 0 aliphatic rings. The zero-order chi connectivity index (χ0) is 20.9. The number of hydrogen-bond donors (Lipinski definition) is 1. The molecule has 0 saturated carbocycles. The predicted molar refractivity (Wildman–Crippen MR) is 120 cm³/mol. The molecule has 152 valence electrons. The number of para-hydroxylation sites is 1. The van der Waals surface area contributed by atoms with Gasteiger partial charge < -0.3 is 9.88 Å². The van der Waals surface area contributed by atoms with E-state index in [0.29, 0.717) is 12.5 Å². The highest BCUT2D eigenvalue weighted by molar-refractivity contribution is 5.68. The van der Waals surface area contributed by atoms with Gasteiger partial charge in [0.2, 0.25) is 5.95 Å². The summed E-state index contributed by atoms with van der Waals surface area (Å²) in [6.45, 7) is 1.42. The normalized spacial score (nSPS) is 10.8. The van der Waals surface area contributed by atoms with Gasteiger partial charge in [-0.15, -0.1) is 0 Å². The van der Waals surface area contributed by atoms with E-state index in [1.165, 1.54) is 22.3 Å². The van der Waals surface area contributed by atoms with Gasteiger partial charge in [-0.05, 0) is 44.8 Å². The minimum atomic E-state index is 0.608. The van der Waals surface area contributed by atoms with Crippen molar-refractivity contribution in [3.05, 3.63) is 109 Å². The van der Waals surface area contributed by atoms with Crippen LogP contribution >= 0.6 is 0 Å². The minimum Gasteiger partial charge on any atom is -0.349 e. The Kier molecular flexibility index (Phi) is 5.22. The zero-order valence-electron chi connectivity index (χ0n) is 16.8. The fourth-order valence-corrected chi connectivity index (χ4v) is 3.55. The van der Waals surface area contributed by atoms with Crippen molar-refractivity contribution in [1.82, 2.24) is 29.8 Å². The Morgan fingerprint density at radius 2 is 1.65 bits per heavy atom. The SMILES string of the molecule is c1ccc(-n2nnnc2NCc2ccccc2-c2ccc(Cn3ccnc3)cc2)cc1. The van der Waals surface area contributed by atoms with E-state index in [1.807, 2.05) is 48.9 Å². The molecule has 5 rings (SSSR count). The number of benzene rings is 3. The standard InChI is InChI=1S/C24H21N7/c1-2-7-22(8-3-1)31-24(27-28-29-31)26-16-21-6-4-5-9-23(21)20-12-10-19(11-13-20)17-30-15-14-25-18-30/h1-15,18H,16-17H2,(H,26,27,29). The van der Waals surface area contributed by atoms with Crippen LogP contribution in [0.1, 0.15) is 11.1 Å². The van der Waals surface area contributed by atoms with Gasteiger partial charge in [0.15, 0.2) is 0 Å². The molecule has 2 heterocycles. The number of imidazole rings is 1. The summed E-state index contributed by atoms with van der Waals surface area (Å²) in [4.78, 5) is 4.10. The summed E-state index contributed by atoms with van der Waals surface area (Å²) in [7, 11) is 0. The number of anilines is 1. The fourth-order valence-electron chi connectivity index (χ4n) is 3.55. The van der Waals surface area contributed by atoms with Crippen LogP contribution in [-0.2, 0) is 13.1 Å². The maximum atomic E-state index is 4.14. The molecule has 0 atom stereocenters. The molecular weight excluding hydrogens is 386 g/mol. The molecule has 0 amide bonds. The fraction of sp³-hybridized carbons (Fsp3) is 0.0833. The Morgan fingerprint density at radius 3 is 2.45 bits per heavy atom. The second kappa shape index (κ2) is 8.62. The Balaban J connectivity index is 1.34. The molecule has 5 aromatic rings. The van der Waals surface area contributed by atoms with Crippen LogP contribution in [0.5, 0.6) is 0 Å². The third-order valence-corrected chi connectivity index (χ3v) is 5.11. The van der Waals surface area contributed by atoms with Gasteiger partial charge in [0, 0.05) is 25.5 Å². The molecule has 0 bridgehead atoms. The van der Waals surface area contributed by atoms with Crippen molar-refractivity contribution >= 4 is 5.95 Å². The number of aromatic nitrogens is 6. The molecule has 0 saturated heterocycles. The smallest absolute Gasteiger partial charge is 0.248 e. The second-order valence-electron chi connectivity index (χ2n) is 7.19. The third kappa shape index (κ3) is 4.20. The number of tetrazole rings is 1. The van der Waals surface area contributed by atoms with Gasteiger partial charge in [0.05, 0.1) is 12.0 Å². The van der Waals surface area contributed by atoms with Crippen LogP contribution in [0.15, 0.2) is 97.6 Å². The van der Waals surface area contributed by atoms with E-state index in [4.69, 9.17) is 0 Å². The lowest BCUT2D eigenvalue weighted by molar-refractivity contribution is 0.789. The average molecular weight is 407 g/mol. The lowest BCUT2D eigenvalue weighted by Gasteiger charge is -2.12. The topological polar surface area (TPSA) is 73.5 Å². The highest BCUT2D eigenvalue weighted by atomic mass is 15.6. The first kappa shape index (κ1) is 18.7. The average Bonchev–Trinajstić information content (AvgIpc) is 3.51. The first-order chi connectivity index (χ1) is 15.4. The molecule has 0 aliphatic heterocycles. The molecule has 2 aromatic heterocycles. The Morgan fingerprint density at radius 1 is 0.839 bits per heavy atom. The van der Waals surface area contributed by atoms with Crippen molar-refractivity contribution in [3.63, 3.8) is 0 Å². The van der Waals surface area contributed by atoms with Crippen LogP contribution in [0, 0.1) is 0 Å². The summed E-state index contributed by atoms with van der Waals surface area (Å²) in [6.07, 6.45) is 5.60. The van der Waals surface area contributed by atoms with E-state index in [-0.39, 0.29) is 0 Å². The molecule has 0 aliphatic carbocycles. The lowest BCUT2D eigenvalue weighted by atomic mass is 9.98. The van der Waals surface area contributed by atoms with Gasteiger partial charge in [-0.1, -0.05) is 71.8 Å². The summed E-state index contributed by atoms with van der Waals surface area (Å²) >= 11 is 0. The van der Waals surface area contributed by atoms with Crippen LogP contribution in [-0.4, -0.2) is 29.8 Å². The summed E-state index contributed by atoms with van der Waals surface area (Å²) in [5, 5.41) is 15.4. The number of hydrogen-bond acceptors (Lipinski definition) is 5. The van der Waals surface area contributed by atoms with E-state index >= 15 is 0 Å². The lowest BCUT2D eigenvalue weighted by Crippen LogP contribution is -2.08. The monoisotopic (exact) mass is 407 g/mol. The van der Waals surface area contributed by atoms with Crippen molar-refractivity contribution < 1.29 is 0 Å². The van der Waals surface area contributed by atoms with Crippen molar-refractivity contribution in [2.75, 3.05) is 5.32 Å². The maximum absolute atomic E-state index is 4.14. The van der Waals surface area contributed by atoms with Crippen LogP contribution in [0.2, 0.25) is 0 Å².